The van der Waals surface area contributed by atoms with E-state index >= 15 is 0 Å². The van der Waals surface area contributed by atoms with Gasteiger partial charge in [-0.25, -0.2) is 4.98 Å². The number of rotatable bonds is 9. The van der Waals surface area contributed by atoms with Gasteiger partial charge in [0.05, 0.1) is 12.7 Å². The zero-order chi connectivity index (χ0) is 24.0. The van der Waals surface area contributed by atoms with Crippen LogP contribution in [0.2, 0.25) is 0 Å². The second-order valence-corrected chi connectivity index (χ2v) is 8.29. The number of hydrogen-bond acceptors (Lipinski definition) is 3. The molecule has 1 heterocycles. The first-order valence-corrected chi connectivity index (χ1v) is 11.0. The molecule has 1 aromatic heterocycles. The Balaban J connectivity index is 1.44. The molecule has 0 saturated heterocycles. The van der Waals surface area contributed by atoms with Crippen molar-refractivity contribution in [1.82, 2.24) is 14.9 Å². The molecule has 4 rings (SSSR count). The molecule has 0 spiro atoms. The quantitative estimate of drug-likeness (QED) is 0.306. The van der Waals surface area contributed by atoms with Gasteiger partial charge < -0.3 is 9.72 Å². The van der Waals surface area contributed by atoms with Crippen LogP contribution >= 0.6 is 0 Å². The van der Waals surface area contributed by atoms with E-state index in [1.807, 2.05) is 85.8 Å². The molecular formula is C27H26F3N3O. The van der Waals surface area contributed by atoms with Crippen LogP contribution < -0.4 is 4.74 Å². The van der Waals surface area contributed by atoms with E-state index in [1.165, 1.54) is 0 Å². The molecule has 176 valence electrons. The van der Waals surface area contributed by atoms with Crippen LogP contribution in [0.25, 0.3) is 0 Å². The monoisotopic (exact) mass is 465 g/mol. The summed E-state index contributed by atoms with van der Waals surface area (Å²) in [5.41, 5.74) is 3.52. The van der Waals surface area contributed by atoms with Crippen LogP contribution in [0.3, 0.4) is 0 Å². The number of aromatic amines is 1. The molecule has 0 amide bonds. The SMILES string of the molecule is Cc1ccc(CN(Cc2ccc(OCc3ccccc3)cc2)Cc2ncc(C(F)(F)F)[nH]2)cc1. The molecule has 0 bridgehead atoms. The fourth-order valence-corrected chi connectivity index (χ4v) is 3.61. The molecule has 0 aliphatic rings. The van der Waals surface area contributed by atoms with Gasteiger partial charge in [-0.3, -0.25) is 4.90 Å². The van der Waals surface area contributed by atoms with Gasteiger partial charge in [-0.15, -0.1) is 0 Å². The molecule has 0 unspecified atom stereocenters. The number of nitrogens with zero attached hydrogens (tertiary/aromatic N) is 2. The summed E-state index contributed by atoms with van der Waals surface area (Å²) in [6.45, 7) is 3.89. The molecule has 0 aliphatic heterocycles. The van der Waals surface area contributed by atoms with Crippen LogP contribution in [0.15, 0.2) is 85.1 Å². The molecule has 0 aliphatic carbocycles. The molecule has 4 aromatic rings. The topological polar surface area (TPSA) is 41.1 Å². The summed E-state index contributed by atoms with van der Waals surface area (Å²) >= 11 is 0. The number of halogens is 3. The van der Waals surface area contributed by atoms with Crippen molar-refractivity contribution in [3.8, 4) is 5.75 Å². The standard InChI is InChI=1S/C27H26F3N3O/c1-20-7-9-21(10-8-20)16-33(18-26-31-15-25(32-26)27(28,29)30)17-22-11-13-24(14-12-22)34-19-23-5-3-2-4-6-23/h2-15H,16-19H2,1H3,(H,31,32). The third-order valence-corrected chi connectivity index (χ3v) is 5.41. The highest BCUT2D eigenvalue weighted by Crippen LogP contribution is 2.27. The van der Waals surface area contributed by atoms with Crippen molar-refractivity contribution in [1.29, 1.82) is 0 Å². The Morgan fingerprint density at radius 2 is 1.41 bits per heavy atom. The fraction of sp³-hybridized carbons (Fsp3) is 0.222. The lowest BCUT2D eigenvalue weighted by atomic mass is 10.1. The van der Waals surface area contributed by atoms with Gasteiger partial charge in [0.15, 0.2) is 0 Å². The number of hydrogen-bond donors (Lipinski definition) is 1. The first kappa shape index (κ1) is 23.6. The summed E-state index contributed by atoms with van der Waals surface area (Å²) in [5.74, 6) is 1.04. The Morgan fingerprint density at radius 3 is 2.00 bits per heavy atom. The summed E-state index contributed by atoms with van der Waals surface area (Å²) in [7, 11) is 0. The van der Waals surface area contributed by atoms with Crippen molar-refractivity contribution in [3.63, 3.8) is 0 Å². The van der Waals surface area contributed by atoms with E-state index in [1.54, 1.807) is 0 Å². The molecule has 1 N–H and O–H groups in total. The maximum atomic E-state index is 13.0. The highest BCUT2D eigenvalue weighted by atomic mass is 19.4. The van der Waals surface area contributed by atoms with Crippen molar-refractivity contribution >= 4 is 0 Å². The molecule has 0 saturated carbocycles. The minimum Gasteiger partial charge on any atom is -0.489 e. The number of ether oxygens (including phenoxy) is 1. The van der Waals surface area contributed by atoms with Crippen LogP contribution in [-0.2, 0) is 32.4 Å². The average Bonchev–Trinajstić information content (AvgIpc) is 3.30. The van der Waals surface area contributed by atoms with Crippen molar-refractivity contribution in [2.75, 3.05) is 0 Å². The Hall–Kier alpha value is -3.58. The minimum atomic E-state index is -4.44. The van der Waals surface area contributed by atoms with E-state index in [0.717, 1.165) is 34.2 Å². The average molecular weight is 466 g/mol. The van der Waals surface area contributed by atoms with E-state index in [9.17, 15) is 13.2 Å². The third kappa shape index (κ3) is 6.71. The predicted octanol–water partition coefficient (Wildman–Crippen LogP) is 6.52. The molecule has 3 aromatic carbocycles. The van der Waals surface area contributed by atoms with E-state index in [0.29, 0.717) is 19.7 Å². The molecular weight excluding hydrogens is 439 g/mol. The number of aromatic nitrogens is 2. The molecule has 34 heavy (non-hydrogen) atoms. The second kappa shape index (κ2) is 10.6. The molecule has 7 heteroatoms. The van der Waals surface area contributed by atoms with E-state index in [-0.39, 0.29) is 12.4 Å². The first-order chi connectivity index (χ1) is 16.3. The van der Waals surface area contributed by atoms with Crippen LogP contribution in [0.4, 0.5) is 13.2 Å². The van der Waals surface area contributed by atoms with Gasteiger partial charge in [0.25, 0.3) is 0 Å². The van der Waals surface area contributed by atoms with E-state index in [2.05, 4.69) is 14.9 Å². The van der Waals surface area contributed by atoms with Crippen molar-refractivity contribution in [2.24, 2.45) is 0 Å². The van der Waals surface area contributed by atoms with Crippen LogP contribution in [-0.4, -0.2) is 14.9 Å². The maximum absolute atomic E-state index is 13.0. The Bertz CT molecular complexity index is 1170. The highest BCUT2D eigenvalue weighted by Gasteiger charge is 2.33. The predicted molar refractivity (Wildman–Crippen MR) is 125 cm³/mol. The van der Waals surface area contributed by atoms with Gasteiger partial charge >= 0.3 is 6.18 Å². The highest BCUT2D eigenvalue weighted by molar-refractivity contribution is 5.28. The summed E-state index contributed by atoms with van der Waals surface area (Å²) in [6.07, 6.45) is -3.60. The van der Waals surface area contributed by atoms with Gasteiger partial charge in [0, 0.05) is 13.1 Å². The zero-order valence-corrected chi connectivity index (χ0v) is 18.8. The van der Waals surface area contributed by atoms with Gasteiger partial charge in [-0.2, -0.15) is 13.2 Å². The number of imidazole rings is 1. The van der Waals surface area contributed by atoms with Gasteiger partial charge in [0.2, 0.25) is 0 Å². The normalized spacial score (nSPS) is 11.7. The fourth-order valence-electron chi connectivity index (χ4n) is 3.61. The molecule has 0 atom stereocenters. The Morgan fingerprint density at radius 1 is 0.794 bits per heavy atom. The van der Waals surface area contributed by atoms with Gasteiger partial charge in [0.1, 0.15) is 23.9 Å². The number of aryl methyl sites for hydroxylation is 1. The smallest absolute Gasteiger partial charge is 0.432 e. The van der Waals surface area contributed by atoms with Crippen molar-refractivity contribution < 1.29 is 17.9 Å². The summed E-state index contributed by atoms with van der Waals surface area (Å²) in [4.78, 5) is 8.42. The summed E-state index contributed by atoms with van der Waals surface area (Å²) in [5, 5.41) is 0. The largest absolute Gasteiger partial charge is 0.489 e. The van der Waals surface area contributed by atoms with Crippen molar-refractivity contribution in [2.45, 2.75) is 39.3 Å². The van der Waals surface area contributed by atoms with Crippen LogP contribution in [0.5, 0.6) is 5.75 Å². The molecule has 0 radical (unpaired) electrons. The maximum Gasteiger partial charge on any atom is 0.432 e. The van der Waals surface area contributed by atoms with Crippen LogP contribution in [0.1, 0.15) is 33.8 Å². The third-order valence-electron chi connectivity index (χ3n) is 5.41. The zero-order valence-electron chi connectivity index (χ0n) is 18.8. The number of H-pyrrole nitrogens is 1. The molecule has 4 nitrogen and oxygen atoms in total. The molecule has 0 fully saturated rings. The number of alkyl halides is 3. The van der Waals surface area contributed by atoms with E-state index < -0.39 is 11.9 Å². The summed E-state index contributed by atoms with van der Waals surface area (Å²) < 4.78 is 44.8. The Labute approximate surface area is 197 Å². The minimum absolute atomic E-state index is 0.260. The number of benzene rings is 3. The lowest BCUT2D eigenvalue weighted by Crippen LogP contribution is -2.23. The van der Waals surface area contributed by atoms with Gasteiger partial charge in [-0.1, -0.05) is 72.3 Å². The van der Waals surface area contributed by atoms with Crippen LogP contribution in [0, 0.1) is 6.92 Å². The van der Waals surface area contributed by atoms with Crippen molar-refractivity contribution in [3.05, 3.63) is 119 Å². The van der Waals surface area contributed by atoms with E-state index in [4.69, 9.17) is 4.74 Å². The lowest BCUT2D eigenvalue weighted by molar-refractivity contribution is -0.141. The number of nitrogens with one attached hydrogen (secondary N) is 1. The first-order valence-electron chi connectivity index (χ1n) is 11.0. The lowest BCUT2D eigenvalue weighted by Gasteiger charge is -2.22. The second-order valence-electron chi connectivity index (χ2n) is 8.29. The summed E-state index contributed by atoms with van der Waals surface area (Å²) in [6, 6.07) is 25.8. The van der Waals surface area contributed by atoms with Gasteiger partial charge in [-0.05, 0) is 35.7 Å². The Kier molecular flexibility index (Phi) is 7.33.